The molecule has 21 heavy (non-hydrogen) atoms. The molecule has 2 aromatic carbocycles. The number of hydrogen-bond donors (Lipinski definition) is 1. The molecule has 2 unspecified atom stereocenters. The molecule has 0 saturated carbocycles. The molecule has 0 amide bonds. The lowest BCUT2D eigenvalue weighted by Gasteiger charge is -2.15. The maximum absolute atomic E-state index is 11.5. The number of hydrogen-bond acceptors (Lipinski definition) is 2. The van der Waals surface area contributed by atoms with Crippen LogP contribution < -0.4 is 0 Å². The van der Waals surface area contributed by atoms with Gasteiger partial charge < -0.3 is 5.11 Å². The Balaban J connectivity index is 1.63. The van der Waals surface area contributed by atoms with Gasteiger partial charge in [-0.25, -0.2) is 0 Å². The largest absolute Gasteiger partial charge is 0.481 e. The van der Waals surface area contributed by atoms with Crippen LogP contribution >= 0.6 is 11.8 Å². The summed E-state index contributed by atoms with van der Waals surface area (Å²) in [6, 6.07) is 18.0. The van der Waals surface area contributed by atoms with Gasteiger partial charge in [0.15, 0.2) is 0 Å². The molecule has 3 rings (SSSR count). The predicted molar refractivity (Wildman–Crippen MR) is 85.8 cm³/mol. The lowest BCUT2D eigenvalue weighted by Crippen LogP contribution is -2.14. The van der Waals surface area contributed by atoms with Crippen molar-refractivity contribution in [3.8, 4) is 0 Å². The highest BCUT2D eigenvalue weighted by atomic mass is 32.2. The number of rotatable bonds is 5. The van der Waals surface area contributed by atoms with Crippen LogP contribution in [0.3, 0.4) is 0 Å². The van der Waals surface area contributed by atoms with Crippen LogP contribution in [0.1, 0.15) is 29.9 Å². The van der Waals surface area contributed by atoms with E-state index in [0.717, 1.165) is 18.4 Å². The van der Waals surface area contributed by atoms with E-state index in [2.05, 4.69) is 24.3 Å². The van der Waals surface area contributed by atoms with Crippen molar-refractivity contribution >= 4 is 17.7 Å². The van der Waals surface area contributed by atoms with Gasteiger partial charge in [0.05, 0.1) is 5.92 Å². The van der Waals surface area contributed by atoms with Crippen LogP contribution in [0.5, 0.6) is 0 Å². The molecule has 0 saturated heterocycles. The number of fused-ring (bicyclic) bond motifs is 1. The zero-order chi connectivity index (χ0) is 14.7. The quantitative estimate of drug-likeness (QED) is 0.891. The van der Waals surface area contributed by atoms with E-state index in [1.807, 2.05) is 42.1 Å². The van der Waals surface area contributed by atoms with E-state index in [1.54, 1.807) is 0 Å². The first kappa shape index (κ1) is 14.2. The van der Waals surface area contributed by atoms with Crippen molar-refractivity contribution in [3.05, 3.63) is 65.7 Å². The standard InChI is InChI=1S/C18H18O2S/c19-18(20)16(13-6-2-1-3-7-13)11-10-15-12-14-8-4-5-9-17(14)21-15/h1-9,15-16H,10-12H2,(H,19,20). The van der Waals surface area contributed by atoms with Crippen molar-refractivity contribution in [1.82, 2.24) is 0 Å². The van der Waals surface area contributed by atoms with Crippen LogP contribution in [-0.4, -0.2) is 16.3 Å². The molecule has 3 heteroatoms. The van der Waals surface area contributed by atoms with Crippen molar-refractivity contribution < 1.29 is 9.90 Å². The molecule has 0 radical (unpaired) electrons. The SMILES string of the molecule is O=C(O)C(CCC1Cc2ccccc2S1)c1ccccc1. The Labute approximate surface area is 129 Å². The number of benzene rings is 2. The molecule has 0 spiro atoms. The van der Waals surface area contributed by atoms with Gasteiger partial charge in [-0.2, -0.15) is 0 Å². The number of carboxylic acids is 1. The maximum Gasteiger partial charge on any atom is 0.310 e. The lowest BCUT2D eigenvalue weighted by atomic mass is 9.93. The second-order valence-corrected chi connectivity index (χ2v) is 6.77. The minimum Gasteiger partial charge on any atom is -0.481 e. The maximum atomic E-state index is 11.5. The van der Waals surface area contributed by atoms with Gasteiger partial charge in [0.1, 0.15) is 0 Å². The Hall–Kier alpha value is -1.74. The van der Waals surface area contributed by atoms with E-state index in [4.69, 9.17) is 0 Å². The van der Waals surface area contributed by atoms with Crippen molar-refractivity contribution in [2.24, 2.45) is 0 Å². The minimum absolute atomic E-state index is 0.393. The van der Waals surface area contributed by atoms with Crippen LogP contribution in [-0.2, 0) is 11.2 Å². The summed E-state index contributed by atoms with van der Waals surface area (Å²) in [5.41, 5.74) is 2.31. The Bertz CT molecular complexity index is 599. The van der Waals surface area contributed by atoms with E-state index in [-0.39, 0.29) is 0 Å². The molecule has 0 aliphatic carbocycles. The van der Waals surface area contributed by atoms with Gasteiger partial charge in [-0.1, -0.05) is 48.5 Å². The van der Waals surface area contributed by atoms with E-state index >= 15 is 0 Å². The normalized spacial score (nSPS) is 18.2. The van der Waals surface area contributed by atoms with Crippen molar-refractivity contribution in [2.45, 2.75) is 35.3 Å². The molecule has 1 heterocycles. The number of carboxylic acid groups (broad SMARTS) is 1. The predicted octanol–water partition coefficient (Wildman–Crippen LogP) is 4.35. The molecule has 2 atom stereocenters. The van der Waals surface area contributed by atoms with E-state index in [9.17, 15) is 9.90 Å². The van der Waals surface area contributed by atoms with Gasteiger partial charge in [0.25, 0.3) is 0 Å². The summed E-state index contributed by atoms with van der Waals surface area (Å²) < 4.78 is 0. The average molecular weight is 298 g/mol. The average Bonchev–Trinajstić information content (AvgIpc) is 2.91. The first-order chi connectivity index (χ1) is 10.2. The second-order valence-electron chi connectivity index (χ2n) is 5.43. The van der Waals surface area contributed by atoms with Gasteiger partial charge in [0, 0.05) is 10.1 Å². The van der Waals surface area contributed by atoms with Gasteiger partial charge in [0.2, 0.25) is 0 Å². The molecule has 2 nitrogen and oxygen atoms in total. The van der Waals surface area contributed by atoms with Gasteiger partial charge >= 0.3 is 5.97 Å². The van der Waals surface area contributed by atoms with Crippen LogP contribution in [0.2, 0.25) is 0 Å². The summed E-state index contributed by atoms with van der Waals surface area (Å²) in [5.74, 6) is -1.11. The second kappa shape index (κ2) is 6.35. The van der Waals surface area contributed by atoms with Gasteiger partial charge in [-0.3, -0.25) is 4.79 Å². The third-order valence-electron chi connectivity index (χ3n) is 3.99. The molecule has 2 aromatic rings. The summed E-state index contributed by atoms with van der Waals surface area (Å²) in [6.07, 6.45) is 2.69. The van der Waals surface area contributed by atoms with E-state index in [1.165, 1.54) is 10.5 Å². The molecular formula is C18H18O2S. The van der Waals surface area contributed by atoms with Crippen molar-refractivity contribution in [2.75, 3.05) is 0 Å². The van der Waals surface area contributed by atoms with E-state index in [0.29, 0.717) is 11.7 Å². The Morgan fingerprint density at radius 1 is 1.14 bits per heavy atom. The molecule has 0 bridgehead atoms. The molecule has 1 aliphatic rings. The summed E-state index contributed by atoms with van der Waals surface area (Å²) in [4.78, 5) is 12.9. The monoisotopic (exact) mass is 298 g/mol. The minimum atomic E-state index is -0.721. The summed E-state index contributed by atoms with van der Waals surface area (Å²) in [7, 11) is 0. The van der Waals surface area contributed by atoms with Crippen LogP contribution in [0.25, 0.3) is 0 Å². The van der Waals surface area contributed by atoms with Crippen LogP contribution in [0.4, 0.5) is 0 Å². The lowest BCUT2D eigenvalue weighted by molar-refractivity contribution is -0.139. The highest BCUT2D eigenvalue weighted by Crippen LogP contribution is 2.40. The molecule has 0 fully saturated rings. The third kappa shape index (κ3) is 3.30. The van der Waals surface area contributed by atoms with Crippen LogP contribution in [0.15, 0.2) is 59.5 Å². The first-order valence-corrected chi connectivity index (χ1v) is 8.14. The van der Waals surface area contributed by atoms with Gasteiger partial charge in [-0.15, -0.1) is 11.8 Å². The van der Waals surface area contributed by atoms with E-state index < -0.39 is 11.9 Å². The Kier molecular flexibility index (Phi) is 4.30. The fourth-order valence-corrected chi connectivity index (χ4v) is 4.22. The fourth-order valence-electron chi connectivity index (χ4n) is 2.89. The Morgan fingerprint density at radius 3 is 2.57 bits per heavy atom. The van der Waals surface area contributed by atoms with Crippen LogP contribution in [0, 0.1) is 0 Å². The molecule has 1 aliphatic heterocycles. The molecular weight excluding hydrogens is 280 g/mol. The summed E-state index contributed by atoms with van der Waals surface area (Å²) in [6.45, 7) is 0. The first-order valence-electron chi connectivity index (χ1n) is 7.26. The molecule has 0 aromatic heterocycles. The Morgan fingerprint density at radius 2 is 1.86 bits per heavy atom. The number of carbonyl (C=O) groups is 1. The topological polar surface area (TPSA) is 37.3 Å². The molecule has 1 N–H and O–H groups in total. The highest BCUT2D eigenvalue weighted by molar-refractivity contribution is 8.00. The van der Waals surface area contributed by atoms with Crippen molar-refractivity contribution in [3.63, 3.8) is 0 Å². The van der Waals surface area contributed by atoms with Crippen molar-refractivity contribution in [1.29, 1.82) is 0 Å². The van der Waals surface area contributed by atoms with Gasteiger partial charge in [-0.05, 0) is 36.5 Å². The number of aliphatic carboxylic acids is 1. The molecule has 108 valence electrons. The highest BCUT2D eigenvalue weighted by Gasteiger charge is 2.25. The number of thioether (sulfide) groups is 1. The fraction of sp³-hybridized carbons (Fsp3) is 0.278. The summed E-state index contributed by atoms with van der Waals surface area (Å²) in [5, 5.41) is 9.97. The smallest absolute Gasteiger partial charge is 0.310 e. The zero-order valence-electron chi connectivity index (χ0n) is 11.7. The summed E-state index contributed by atoms with van der Waals surface area (Å²) >= 11 is 1.89. The third-order valence-corrected chi connectivity index (χ3v) is 5.38. The zero-order valence-corrected chi connectivity index (χ0v) is 12.6.